The molecule has 0 saturated heterocycles. The standard InChI is InChI=1S/C18H13N5O/c24-18-22-13-7-12-19-16(22)21-17(20-14-8-3-1-4-9-14)23(18)15-10-5-2-6-11-15/h1-13H. The van der Waals surface area contributed by atoms with Gasteiger partial charge in [-0.15, -0.1) is 0 Å². The van der Waals surface area contributed by atoms with Gasteiger partial charge in [-0.3, -0.25) is 0 Å². The molecule has 24 heavy (non-hydrogen) atoms. The summed E-state index contributed by atoms with van der Waals surface area (Å²) in [7, 11) is 0. The largest absolute Gasteiger partial charge is 0.342 e. The second kappa shape index (κ2) is 5.92. The van der Waals surface area contributed by atoms with Crippen molar-refractivity contribution in [1.82, 2.24) is 18.9 Å². The van der Waals surface area contributed by atoms with Crippen LogP contribution < -0.4 is 11.3 Å². The summed E-state index contributed by atoms with van der Waals surface area (Å²) in [6, 6.07) is 20.4. The Morgan fingerprint density at radius 3 is 2.33 bits per heavy atom. The summed E-state index contributed by atoms with van der Waals surface area (Å²) < 4.78 is 2.87. The van der Waals surface area contributed by atoms with Crippen LogP contribution in [0.1, 0.15) is 0 Å². The van der Waals surface area contributed by atoms with Crippen molar-refractivity contribution < 1.29 is 0 Å². The number of nitrogens with zero attached hydrogens (tertiary/aromatic N) is 5. The van der Waals surface area contributed by atoms with Gasteiger partial charge in [0.1, 0.15) is 0 Å². The van der Waals surface area contributed by atoms with E-state index in [0.717, 1.165) is 5.69 Å². The van der Waals surface area contributed by atoms with Gasteiger partial charge in [0.25, 0.3) is 0 Å². The minimum atomic E-state index is -0.269. The fraction of sp³-hybridized carbons (Fsp3) is 0. The lowest BCUT2D eigenvalue weighted by Gasteiger charge is -2.08. The molecule has 4 rings (SSSR count). The van der Waals surface area contributed by atoms with Crippen molar-refractivity contribution >= 4 is 11.5 Å². The summed E-state index contributed by atoms with van der Waals surface area (Å²) in [5, 5.41) is 0. The molecule has 2 aromatic heterocycles. The predicted molar refractivity (Wildman–Crippen MR) is 90.2 cm³/mol. The monoisotopic (exact) mass is 315 g/mol. The number of hydrogen-bond acceptors (Lipinski definition) is 4. The van der Waals surface area contributed by atoms with E-state index in [2.05, 4.69) is 15.0 Å². The number of benzene rings is 2. The maximum absolute atomic E-state index is 12.9. The smallest absolute Gasteiger partial charge is 0.247 e. The first kappa shape index (κ1) is 14.1. The normalized spacial score (nSPS) is 11.8. The van der Waals surface area contributed by atoms with Crippen LogP contribution in [0.5, 0.6) is 0 Å². The Morgan fingerprint density at radius 1 is 0.875 bits per heavy atom. The first-order valence-electron chi connectivity index (χ1n) is 7.44. The fourth-order valence-electron chi connectivity index (χ4n) is 2.42. The molecule has 116 valence electrons. The van der Waals surface area contributed by atoms with E-state index in [1.54, 1.807) is 18.5 Å². The molecule has 0 aliphatic rings. The van der Waals surface area contributed by atoms with Crippen LogP contribution in [0.4, 0.5) is 5.69 Å². The Labute approximate surface area is 137 Å². The highest BCUT2D eigenvalue weighted by Gasteiger charge is 2.08. The quantitative estimate of drug-likeness (QED) is 0.569. The average molecular weight is 315 g/mol. The van der Waals surface area contributed by atoms with Crippen molar-refractivity contribution in [3.8, 4) is 5.69 Å². The van der Waals surface area contributed by atoms with Crippen LogP contribution >= 0.6 is 0 Å². The Balaban J connectivity index is 2.12. The van der Waals surface area contributed by atoms with E-state index in [1.165, 1.54) is 8.97 Å². The van der Waals surface area contributed by atoms with Crippen molar-refractivity contribution in [3.05, 3.63) is 95.2 Å². The van der Waals surface area contributed by atoms with Crippen LogP contribution in [0.15, 0.2) is 88.9 Å². The van der Waals surface area contributed by atoms with Gasteiger partial charge < -0.3 is 0 Å². The average Bonchev–Trinajstić information content (AvgIpc) is 2.64. The van der Waals surface area contributed by atoms with Gasteiger partial charge in [-0.1, -0.05) is 36.4 Å². The van der Waals surface area contributed by atoms with E-state index >= 15 is 0 Å². The molecule has 0 amide bonds. The maximum atomic E-state index is 12.9. The van der Waals surface area contributed by atoms with E-state index in [4.69, 9.17) is 0 Å². The number of hydrogen-bond donors (Lipinski definition) is 0. The van der Waals surface area contributed by atoms with Gasteiger partial charge >= 0.3 is 5.69 Å². The van der Waals surface area contributed by atoms with Crippen LogP contribution in [-0.4, -0.2) is 18.9 Å². The molecule has 0 aliphatic heterocycles. The lowest BCUT2D eigenvalue weighted by Crippen LogP contribution is -2.39. The lowest BCUT2D eigenvalue weighted by atomic mass is 10.3. The molecule has 0 aliphatic carbocycles. The zero-order chi connectivity index (χ0) is 16.4. The maximum Gasteiger partial charge on any atom is 0.342 e. The summed E-state index contributed by atoms with van der Waals surface area (Å²) in [5.41, 5.74) is 1.43. The topological polar surface area (TPSA) is 64.5 Å². The molecule has 0 saturated carbocycles. The van der Waals surface area contributed by atoms with Crippen LogP contribution in [0.3, 0.4) is 0 Å². The number of rotatable bonds is 2. The third-order valence-electron chi connectivity index (χ3n) is 3.52. The highest BCUT2D eigenvalue weighted by Crippen LogP contribution is 2.08. The van der Waals surface area contributed by atoms with E-state index < -0.39 is 0 Å². The zero-order valence-electron chi connectivity index (χ0n) is 12.6. The van der Waals surface area contributed by atoms with Crippen LogP contribution in [-0.2, 0) is 0 Å². The van der Waals surface area contributed by atoms with E-state index in [9.17, 15) is 4.79 Å². The van der Waals surface area contributed by atoms with Crippen LogP contribution in [0, 0.1) is 0 Å². The SMILES string of the molecule is O=c1n(-c2ccccc2)c(=Nc2ccccc2)nc2ncccn12. The summed E-state index contributed by atoms with van der Waals surface area (Å²) in [5.74, 6) is 0.310. The molecule has 0 atom stereocenters. The second-order valence-corrected chi connectivity index (χ2v) is 5.10. The fourth-order valence-corrected chi connectivity index (χ4v) is 2.42. The number of fused-ring (bicyclic) bond motifs is 1. The zero-order valence-corrected chi connectivity index (χ0v) is 12.6. The third kappa shape index (κ3) is 2.50. The summed E-state index contributed by atoms with van der Waals surface area (Å²) in [4.78, 5) is 26.1. The summed E-state index contributed by atoms with van der Waals surface area (Å²) in [6.07, 6.45) is 3.24. The van der Waals surface area contributed by atoms with Crippen molar-refractivity contribution in [3.63, 3.8) is 0 Å². The molecule has 6 nitrogen and oxygen atoms in total. The minimum Gasteiger partial charge on any atom is -0.247 e. The van der Waals surface area contributed by atoms with Gasteiger partial charge in [0.15, 0.2) is 0 Å². The van der Waals surface area contributed by atoms with Gasteiger partial charge in [-0.2, -0.15) is 4.98 Å². The molecule has 4 aromatic rings. The Kier molecular flexibility index (Phi) is 3.47. The second-order valence-electron chi connectivity index (χ2n) is 5.10. The van der Waals surface area contributed by atoms with E-state index in [-0.39, 0.29) is 11.3 Å². The molecule has 0 N–H and O–H groups in total. The van der Waals surface area contributed by atoms with Gasteiger partial charge in [0.2, 0.25) is 11.4 Å². The number of aromatic nitrogens is 4. The summed E-state index contributed by atoms with van der Waals surface area (Å²) >= 11 is 0. The Bertz CT molecular complexity index is 1110. The van der Waals surface area contributed by atoms with Gasteiger partial charge in [-0.25, -0.2) is 23.7 Å². The van der Waals surface area contributed by atoms with Crippen LogP contribution in [0.25, 0.3) is 11.5 Å². The molecule has 0 unspecified atom stereocenters. The van der Waals surface area contributed by atoms with E-state index in [1.807, 2.05) is 60.7 Å². The Morgan fingerprint density at radius 2 is 1.58 bits per heavy atom. The molecule has 6 heteroatoms. The van der Waals surface area contributed by atoms with E-state index in [0.29, 0.717) is 11.5 Å². The third-order valence-corrected chi connectivity index (χ3v) is 3.52. The minimum absolute atomic E-state index is 0.269. The first-order valence-corrected chi connectivity index (χ1v) is 7.44. The molecular formula is C18H13N5O. The molecule has 2 heterocycles. The first-order chi connectivity index (χ1) is 11.8. The molecule has 0 spiro atoms. The van der Waals surface area contributed by atoms with Gasteiger partial charge in [-0.05, 0) is 30.3 Å². The Hall–Kier alpha value is -3.54. The van der Waals surface area contributed by atoms with Gasteiger partial charge in [0.05, 0.1) is 11.4 Å². The highest BCUT2D eigenvalue weighted by molar-refractivity contribution is 5.37. The van der Waals surface area contributed by atoms with Gasteiger partial charge in [0, 0.05) is 12.4 Å². The van der Waals surface area contributed by atoms with Crippen molar-refractivity contribution in [2.24, 2.45) is 4.99 Å². The molecule has 0 radical (unpaired) electrons. The molecular weight excluding hydrogens is 302 g/mol. The number of para-hydroxylation sites is 2. The van der Waals surface area contributed by atoms with Crippen LogP contribution in [0.2, 0.25) is 0 Å². The van der Waals surface area contributed by atoms with Crippen molar-refractivity contribution in [2.45, 2.75) is 0 Å². The summed E-state index contributed by atoms with van der Waals surface area (Å²) in [6.45, 7) is 0. The van der Waals surface area contributed by atoms with Crippen molar-refractivity contribution in [1.29, 1.82) is 0 Å². The molecule has 2 aromatic carbocycles. The highest BCUT2D eigenvalue weighted by atomic mass is 16.1. The lowest BCUT2D eigenvalue weighted by molar-refractivity contribution is 0.761. The molecule has 0 fully saturated rings. The predicted octanol–water partition coefficient (Wildman–Crippen LogP) is 2.11. The van der Waals surface area contributed by atoms with Crippen molar-refractivity contribution in [2.75, 3.05) is 0 Å². The molecule has 0 bridgehead atoms.